The normalized spacial score (nSPS) is 15.4. The van der Waals surface area contributed by atoms with E-state index in [1.165, 1.54) is 0 Å². The first-order chi connectivity index (χ1) is 12.8. The van der Waals surface area contributed by atoms with E-state index in [4.69, 9.17) is 4.74 Å². The molecule has 1 aliphatic heterocycles. The number of nitrogens with zero attached hydrogens (tertiary/aromatic N) is 4. The molecule has 1 aliphatic rings. The van der Waals surface area contributed by atoms with Gasteiger partial charge in [0.2, 0.25) is 0 Å². The van der Waals surface area contributed by atoms with Crippen LogP contribution in [0, 0.1) is 0 Å². The van der Waals surface area contributed by atoms with Gasteiger partial charge in [0, 0.05) is 37.5 Å². The largest absolute Gasteiger partial charge is 0.379 e. The van der Waals surface area contributed by atoms with E-state index in [9.17, 15) is 4.79 Å². The lowest BCUT2D eigenvalue weighted by Crippen LogP contribution is -2.38. The first kappa shape index (κ1) is 16.8. The van der Waals surface area contributed by atoms with Gasteiger partial charge in [0.05, 0.1) is 13.2 Å². The van der Waals surface area contributed by atoms with Crippen LogP contribution in [0.5, 0.6) is 0 Å². The number of ether oxygens (including phenoxy) is 1. The Hall–Kier alpha value is -2.64. The molecule has 0 aliphatic carbocycles. The Labute approximate surface area is 152 Å². The zero-order valence-corrected chi connectivity index (χ0v) is 14.7. The molecule has 26 heavy (non-hydrogen) atoms. The number of fused-ring (bicyclic) bond motifs is 1. The minimum atomic E-state index is -0.133. The molecule has 0 spiro atoms. The number of carbonyl (C=O) groups excluding carboxylic acids is 1. The number of carbonyl (C=O) groups is 1. The molecule has 0 atom stereocenters. The molecule has 7 heteroatoms. The van der Waals surface area contributed by atoms with Crippen LogP contribution in [0.25, 0.3) is 11.3 Å². The lowest BCUT2D eigenvalue weighted by molar-refractivity contribution is 0.0374. The molecule has 1 fully saturated rings. The van der Waals surface area contributed by atoms with Gasteiger partial charge < -0.3 is 14.5 Å². The third kappa shape index (κ3) is 3.63. The van der Waals surface area contributed by atoms with Crippen LogP contribution in [0.1, 0.15) is 16.9 Å². The lowest BCUT2D eigenvalue weighted by Gasteiger charge is -2.26. The highest BCUT2D eigenvalue weighted by Crippen LogP contribution is 2.14. The van der Waals surface area contributed by atoms with Crippen molar-refractivity contribution in [3.05, 3.63) is 54.5 Å². The SMILES string of the molecule is O=C(NCCCN1CCOCC1)c1ccn(-c2ccc3ccccn23)n1. The van der Waals surface area contributed by atoms with Gasteiger partial charge in [-0.2, -0.15) is 5.10 Å². The fourth-order valence-electron chi connectivity index (χ4n) is 3.22. The van der Waals surface area contributed by atoms with Crippen molar-refractivity contribution in [2.75, 3.05) is 39.4 Å². The van der Waals surface area contributed by atoms with E-state index in [0.717, 1.165) is 50.6 Å². The highest BCUT2D eigenvalue weighted by atomic mass is 16.5. The van der Waals surface area contributed by atoms with Gasteiger partial charge in [0.25, 0.3) is 5.91 Å². The minimum Gasteiger partial charge on any atom is -0.379 e. The first-order valence-electron chi connectivity index (χ1n) is 9.02. The van der Waals surface area contributed by atoms with E-state index in [-0.39, 0.29) is 5.91 Å². The Morgan fingerprint density at radius 3 is 2.88 bits per heavy atom. The summed E-state index contributed by atoms with van der Waals surface area (Å²) < 4.78 is 9.11. The summed E-state index contributed by atoms with van der Waals surface area (Å²) in [6, 6.07) is 11.8. The zero-order valence-electron chi connectivity index (χ0n) is 14.7. The van der Waals surface area contributed by atoms with Crippen molar-refractivity contribution < 1.29 is 9.53 Å². The molecular weight excluding hydrogens is 330 g/mol. The van der Waals surface area contributed by atoms with Crippen molar-refractivity contribution in [1.29, 1.82) is 0 Å². The number of pyridine rings is 1. The maximum atomic E-state index is 12.3. The molecule has 0 aromatic carbocycles. The van der Waals surface area contributed by atoms with Crippen LogP contribution in [0.15, 0.2) is 48.8 Å². The van der Waals surface area contributed by atoms with E-state index in [0.29, 0.717) is 12.2 Å². The van der Waals surface area contributed by atoms with Crippen LogP contribution in [-0.4, -0.2) is 64.4 Å². The van der Waals surface area contributed by atoms with E-state index in [1.807, 2.05) is 47.1 Å². The second kappa shape index (κ2) is 7.72. The predicted molar refractivity (Wildman–Crippen MR) is 98.7 cm³/mol. The molecule has 0 bridgehead atoms. The summed E-state index contributed by atoms with van der Waals surface area (Å²) in [7, 11) is 0. The molecule has 1 saturated heterocycles. The third-order valence-corrected chi connectivity index (χ3v) is 4.64. The molecule has 136 valence electrons. The van der Waals surface area contributed by atoms with Gasteiger partial charge in [-0.1, -0.05) is 6.07 Å². The molecule has 1 N–H and O–H groups in total. The number of hydrogen-bond acceptors (Lipinski definition) is 4. The molecule has 4 rings (SSSR count). The predicted octanol–water partition coefficient (Wildman–Crippen LogP) is 1.58. The fraction of sp³-hybridized carbons (Fsp3) is 0.368. The maximum Gasteiger partial charge on any atom is 0.271 e. The second-order valence-corrected chi connectivity index (χ2v) is 6.40. The molecule has 3 aromatic rings. The van der Waals surface area contributed by atoms with E-state index in [2.05, 4.69) is 15.3 Å². The summed E-state index contributed by atoms with van der Waals surface area (Å²) in [4.78, 5) is 14.7. The van der Waals surface area contributed by atoms with Crippen molar-refractivity contribution >= 4 is 11.4 Å². The maximum absolute atomic E-state index is 12.3. The summed E-state index contributed by atoms with van der Waals surface area (Å²) in [5, 5.41) is 7.38. The standard InChI is InChI=1S/C19H23N5O2/c25-19(20-8-3-9-22-12-14-26-15-13-22)17-7-11-24(21-17)18-6-5-16-4-1-2-10-23(16)18/h1-2,4-7,10-11H,3,8-9,12-15H2,(H,20,25). The van der Waals surface area contributed by atoms with Gasteiger partial charge >= 0.3 is 0 Å². The average Bonchev–Trinajstić information content (AvgIpc) is 3.33. The van der Waals surface area contributed by atoms with Crippen LogP contribution in [0.2, 0.25) is 0 Å². The number of aromatic nitrogens is 3. The van der Waals surface area contributed by atoms with E-state index >= 15 is 0 Å². The number of hydrogen-bond donors (Lipinski definition) is 1. The van der Waals surface area contributed by atoms with Gasteiger partial charge in [-0.25, -0.2) is 4.68 Å². The van der Waals surface area contributed by atoms with E-state index in [1.54, 1.807) is 10.7 Å². The molecule has 1 amide bonds. The highest BCUT2D eigenvalue weighted by molar-refractivity contribution is 5.92. The Balaban J connectivity index is 1.33. The first-order valence-corrected chi connectivity index (χ1v) is 9.02. The van der Waals surface area contributed by atoms with Crippen LogP contribution < -0.4 is 5.32 Å². The summed E-state index contributed by atoms with van der Waals surface area (Å²) in [5.74, 6) is 0.776. The Morgan fingerprint density at radius 1 is 1.12 bits per heavy atom. The monoisotopic (exact) mass is 353 g/mol. The summed E-state index contributed by atoms with van der Waals surface area (Å²) in [5.41, 5.74) is 1.52. The fourth-order valence-corrected chi connectivity index (χ4v) is 3.22. The Kier molecular flexibility index (Phi) is 4.99. The minimum absolute atomic E-state index is 0.133. The molecule has 0 saturated carbocycles. The van der Waals surface area contributed by atoms with Crippen molar-refractivity contribution in [2.24, 2.45) is 0 Å². The van der Waals surface area contributed by atoms with Crippen LogP contribution in [-0.2, 0) is 4.74 Å². The van der Waals surface area contributed by atoms with Crippen LogP contribution in [0.3, 0.4) is 0 Å². The lowest BCUT2D eigenvalue weighted by atomic mass is 10.3. The molecule has 0 unspecified atom stereocenters. The molecule has 0 radical (unpaired) electrons. The average molecular weight is 353 g/mol. The van der Waals surface area contributed by atoms with Crippen LogP contribution in [0.4, 0.5) is 0 Å². The summed E-state index contributed by atoms with van der Waals surface area (Å²) >= 11 is 0. The van der Waals surface area contributed by atoms with Crippen molar-refractivity contribution in [3.8, 4) is 5.82 Å². The van der Waals surface area contributed by atoms with Gasteiger partial charge in [-0.15, -0.1) is 0 Å². The van der Waals surface area contributed by atoms with Crippen molar-refractivity contribution in [2.45, 2.75) is 6.42 Å². The number of nitrogens with one attached hydrogen (secondary N) is 1. The van der Waals surface area contributed by atoms with Gasteiger partial charge in [0.15, 0.2) is 5.69 Å². The number of amides is 1. The van der Waals surface area contributed by atoms with Crippen LogP contribution >= 0.6 is 0 Å². The highest BCUT2D eigenvalue weighted by Gasteiger charge is 2.13. The second-order valence-electron chi connectivity index (χ2n) is 6.40. The van der Waals surface area contributed by atoms with Gasteiger partial charge in [-0.3, -0.25) is 9.69 Å². The van der Waals surface area contributed by atoms with Gasteiger partial charge in [0.1, 0.15) is 5.82 Å². The molecular formula is C19H23N5O2. The number of rotatable bonds is 6. The summed E-state index contributed by atoms with van der Waals surface area (Å²) in [6.45, 7) is 5.19. The molecule has 7 nitrogen and oxygen atoms in total. The third-order valence-electron chi connectivity index (χ3n) is 4.64. The summed E-state index contributed by atoms with van der Waals surface area (Å²) in [6.07, 6.45) is 4.73. The smallest absolute Gasteiger partial charge is 0.271 e. The topological polar surface area (TPSA) is 63.8 Å². The Bertz CT molecular complexity index is 879. The van der Waals surface area contributed by atoms with Crippen molar-refractivity contribution in [1.82, 2.24) is 24.4 Å². The quantitative estimate of drug-likeness (QED) is 0.684. The van der Waals surface area contributed by atoms with E-state index < -0.39 is 0 Å². The molecule has 4 heterocycles. The molecule has 3 aromatic heterocycles. The zero-order chi connectivity index (χ0) is 17.8. The van der Waals surface area contributed by atoms with Crippen molar-refractivity contribution in [3.63, 3.8) is 0 Å². The Morgan fingerprint density at radius 2 is 2.00 bits per heavy atom. The number of morpholine rings is 1. The van der Waals surface area contributed by atoms with Gasteiger partial charge in [-0.05, 0) is 43.3 Å².